The fourth-order valence-corrected chi connectivity index (χ4v) is 3.19. The smallest absolute Gasteiger partial charge is 0.222 e. The van der Waals surface area contributed by atoms with Gasteiger partial charge in [-0.05, 0) is 38.1 Å². The molecule has 0 atom stereocenters. The average Bonchev–Trinajstić information content (AvgIpc) is 3.08. The predicted molar refractivity (Wildman–Crippen MR) is 107 cm³/mol. The Morgan fingerprint density at radius 2 is 1.89 bits per heavy atom. The summed E-state index contributed by atoms with van der Waals surface area (Å²) in [7, 11) is 0. The Kier molecular flexibility index (Phi) is 4.33. The van der Waals surface area contributed by atoms with E-state index in [9.17, 15) is 5.26 Å². The van der Waals surface area contributed by atoms with E-state index in [0.717, 1.165) is 16.9 Å². The number of aryl methyl sites for hydroxylation is 1. The molecule has 0 saturated heterocycles. The first-order valence-corrected chi connectivity index (χ1v) is 8.84. The number of nitrogens with two attached hydrogens (primary N) is 1. The van der Waals surface area contributed by atoms with Crippen LogP contribution in [0.25, 0.3) is 16.9 Å². The summed E-state index contributed by atoms with van der Waals surface area (Å²) in [6.07, 6.45) is 1.73. The maximum atomic E-state index is 9.67. The molecule has 138 valence electrons. The van der Waals surface area contributed by atoms with Crippen molar-refractivity contribution in [3.8, 4) is 11.8 Å². The second-order valence-electron chi connectivity index (χ2n) is 6.15. The Labute approximate surface area is 161 Å². The van der Waals surface area contributed by atoms with Crippen LogP contribution in [0.3, 0.4) is 0 Å². The van der Waals surface area contributed by atoms with E-state index in [2.05, 4.69) is 21.0 Å². The molecule has 0 spiro atoms. The van der Waals surface area contributed by atoms with Gasteiger partial charge in [-0.1, -0.05) is 18.2 Å². The minimum atomic E-state index is 0.116. The summed E-state index contributed by atoms with van der Waals surface area (Å²) in [6.45, 7) is 4.24. The molecule has 3 heterocycles. The molecule has 0 amide bonds. The van der Waals surface area contributed by atoms with Crippen LogP contribution in [0, 0.1) is 18.3 Å². The van der Waals surface area contributed by atoms with E-state index < -0.39 is 0 Å². The maximum Gasteiger partial charge on any atom is 0.222 e. The molecule has 0 aliphatic rings. The van der Waals surface area contributed by atoms with E-state index in [1.165, 1.54) is 0 Å². The summed E-state index contributed by atoms with van der Waals surface area (Å²) in [5, 5.41) is 9.67. The highest BCUT2D eigenvalue weighted by Crippen LogP contribution is 2.32. The highest BCUT2D eigenvalue weighted by atomic mass is 15.4. The van der Waals surface area contributed by atoms with Crippen molar-refractivity contribution < 1.29 is 0 Å². The fraction of sp³-hybridized carbons (Fsp3) is 0.150. The summed E-state index contributed by atoms with van der Waals surface area (Å²) < 4.78 is 1.95. The molecule has 4 rings (SSSR count). The Hall–Kier alpha value is -3.99. The van der Waals surface area contributed by atoms with Crippen LogP contribution < -0.4 is 10.6 Å². The van der Waals surface area contributed by atoms with Crippen LogP contribution in [0.1, 0.15) is 18.2 Å². The molecule has 0 saturated carbocycles. The topological polar surface area (TPSA) is 110 Å². The zero-order valence-corrected chi connectivity index (χ0v) is 15.5. The number of aromatic nitrogens is 5. The van der Waals surface area contributed by atoms with Crippen LogP contribution in [-0.2, 0) is 0 Å². The standard InChI is InChI=1S/C20H18N8/c1-3-27(17-15(12-21)13(2)24-19(22)26-17)20-25-16-10-7-11-23-18(16)28(20)14-8-5-4-6-9-14/h4-11H,3H2,1-2H3,(H2,22,24,26). The molecule has 0 radical (unpaired) electrons. The number of nitrogens with zero attached hydrogens (tertiary/aromatic N) is 7. The quantitative estimate of drug-likeness (QED) is 0.587. The van der Waals surface area contributed by atoms with Crippen LogP contribution in [-0.4, -0.2) is 31.0 Å². The number of para-hydroxylation sites is 1. The van der Waals surface area contributed by atoms with E-state index in [1.807, 2.05) is 58.9 Å². The number of pyridine rings is 1. The molecule has 28 heavy (non-hydrogen) atoms. The van der Waals surface area contributed by atoms with Gasteiger partial charge in [0.15, 0.2) is 11.5 Å². The Morgan fingerprint density at radius 3 is 2.61 bits per heavy atom. The summed E-state index contributed by atoms with van der Waals surface area (Å²) in [6, 6.07) is 15.8. The zero-order valence-electron chi connectivity index (χ0n) is 15.5. The number of fused-ring (bicyclic) bond motifs is 1. The Balaban J connectivity index is 2.03. The third kappa shape index (κ3) is 2.79. The van der Waals surface area contributed by atoms with E-state index in [-0.39, 0.29) is 5.95 Å². The highest BCUT2D eigenvalue weighted by molar-refractivity contribution is 5.79. The van der Waals surface area contributed by atoms with Gasteiger partial charge in [-0.2, -0.15) is 10.2 Å². The lowest BCUT2D eigenvalue weighted by molar-refractivity contribution is 0.895. The SMILES string of the molecule is CCN(c1nc(N)nc(C)c1C#N)c1nc2cccnc2n1-c1ccccc1. The average molecular weight is 370 g/mol. The molecular weight excluding hydrogens is 352 g/mol. The lowest BCUT2D eigenvalue weighted by Crippen LogP contribution is -2.23. The monoisotopic (exact) mass is 370 g/mol. The van der Waals surface area contributed by atoms with Crippen molar-refractivity contribution in [2.45, 2.75) is 13.8 Å². The molecule has 0 aliphatic heterocycles. The highest BCUT2D eigenvalue weighted by Gasteiger charge is 2.24. The lowest BCUT2D eigenvalue weighted by Gasteiger charge is -2.23. The molecule has 8 nitrogen and oxygen atoms in total. The van der Waals surface area contributed by atoms with Gasteiger partial charge in [-0.15, -0.1) is 0 Å². The third-order valence-electron chi connectivity index (χ3n) is 4.43. The first kappa shape index (κ1) is 17.4. The molecule has 8 heteroatoms. The maximum absolute atomic E-state index is 9.67. The summed E-state index contributed by atoms with van der Waals surface area (Å²) >= 11 is 0. The summed E-state index contributed by atoms with van der Waals surface area (Å²) in [5.41, 5.74) is 9.16. The molecule has 0 aliphatic carbocycles. The van der Waals surface area contributed by atoms with Crippen molar-refractivity contribution in [1.82, 2.24) is 24.5 Å². The van der Waals surface area contributed by atoms with Gasteiger partial charge >= 0.3 is 0 Å². The van der Waals surface area contributed by atoms with E-state index >= 15 is 0 Å². The van der Waals surface area contributed by atoms with Crippen molar-refractivity contribution in [3.05, 3.63) is 59.9 Å². The fourth-order valence-electron chi connectivity index (χ4n) is 3.19. The minimum Gasteiger partial charge on any atom is -0.368 e. The van der Waals surface area contributed by atoms with Crippen molar-refractivity contribution in [1.29, 1.82) is 5.26 Å². The molecule has 3 aromatic heterocycles. The normalized spacial score (nSPS) is 10.8. The van der Waals surface area contributed by atoms with Crippen molar-refractivity contribution in [2.24, 2.45) is 0 Å². The van der Waals surface area contributed by atoms with Gasteiger partial charge in [0.1, 0.15) is 17.1 Å². The van der Waals surface area contributed by atoms with Crippen molar-refractivity contribution in [3.63, 3.8) is 0 Å². The number of rotatable bonds is 4. The van der Waals surface area contributed by atoms with E-state index in [1.54, 1.807) is 13.1 Å². The first-order chi connectivity index (χ1) is 13.6. The van der Waals surface area contributed by atoms with Crippen LogP contribution in [0.2, 0.25) is 0 Å². The van der Waals surface area contributed by atoms with Gasteiger partial charge in [0.25, 0.3) is 0 Å². The van der Waals surface area contributed by atoms with Crippen LogP contribution in [0.15, 0.2) is 48.7 Å². The van der Waals surface area contributed by atoms with Crippen LogP contribution in [0.4, 0.5) is 17.7 Å². The van der Waals surface area contributed by atoms with Crippen LogP contribution in [0.5, 0.6) is 0 Å². The summed E-state index contributed by atoms with van der Waals surface area (Å²) in [4.78, 5) is 19.6. The lowest BCUT2D eigenvalue weighted by atomic mass is 10.2. The number of benzene rings is 1. The number of nitriles is 1. The number of hydrogen-bond acceptors (Lipinski definition) is 7. The molecule has 0 fully saturated rings. The first-order valence-electron chi connectivity index (χ1n) is 8.84. The summed E-state index contributed by atoms with van der Waals surface area (Å²) in [5.74, 6) is 1.16. The Bertz CT molecular complexity index is 1190. The molecule has 0 bridgehead atoms. The number of imidazole rings is 1. The van der Waals surface area contributed by atoms with Gasteiger partial charge in [0.05, 0.1) is 11.4 Å². The Morgan fingerprint density at radius 1 is 1.11 bits per heavy atom. The predicted octanol–water partition coefficient (Wildman–Crippen LogP) is 3.13. The van der Waals surface area contributed by atoms with Gasteiger partial charge in [-0.25, -0.2) is 15.0 Å². The molecular formula is C20H18N8. The van der Waals surface area contributed by atoms with Gasteiger partial charge in [-0.3, -0.25) is 9.47 Å². The molecule has 0 unspecified atom stereocenters. The van der Waals surface area contributed by atoms with E-state index in [0.29, 0.717) is 29.6 Å². The molecule has 1 aromatic carbocycles. The molecule has 2 N–H and O–H groups in total. The second-order valence-corrected chi connectivity index (χ2v) is 6.15. The minimum absolute atomic E-state index is 0.116. The largest absolute Gasteiger partial charge is 0.368 e. The number of anilines is 3. The van der Waals surface area contributed by atoms with Gasteiger partial charge in [0.2, 0.25) is 11.9 Å². The number of hydrogen-bond donors (Lipinski definition) is 1. The van der Waals surface area contributed by atoms with Crippen LogP contribution >= 0.6 is 0 Å². The van der Waals surface area contributed by atoms with Gasteiger partial charge in [0, 0.05) is 12.7 Å². The van der Waals surface area contributed by atoms with Gasteiger partial charge < -0.3 is 5.73 Å². The number of nitrogen functional groups attached to an aromatic ring is 1. The zero-order chi connectivity index (χ0) is 19.7. The third-order valence-corrected chi connectivity index (χ3v) is 4.43. The van der Waals surface area contributed by atoms with E-state index in [4.69, 9.17) is 10.7 Å². The molecule has 4 aromatic rings. The van der Waals surface area contributed by atoms with Crippen molar-refractivity contribution >= 4 is 28.9 Å². The second kappa shape index (κ2) is 6.96. The van der Waals surface area contributed by atoms with Crippen molar-refractivity contribution in [2.75, 3.05) is 17.2 Å².